The molecule has 1 saturated heterocycles. The van der Waals surface area contributed by atoms with Gasteiger partial charge in [0.2, 0.25) is 0 Å². The summed E-state index contributed by atoms with van der Waals surface area (Å²) in [6, 6.07) is -0.726. The summed E-state index contributed by atoms with van der Waals surface area (Å²) < 4.78 is 27.9. The summed E-state index contributed by atoms with van der Waals surface area (Å²) in [5.41, 5.74) is -0.691. The highest BCUT2D eigenvalue weighted by molar-refractivity contribution is 7.91. The average molecular weight is 293 g/mol. The molecule has 2 atom stereocenters. The van der Waals surface area contributed by atoms with E-state index < -0.39 is 45.2 Å². The Bertz CT molecular complexity index is 464. The summed E-state index contributed by atoms with van der Waals surface area (Å²) in [5, 5.41) is 11.5. The Morgan fingerprint density at radius 1 is 1.32 bits per heavy atom. The molecule has 110 valence electrons. The smallest absolute Gasteiger partial charge is 0.407 e. The Morgan fingerprint density at radius 3 is 2.37 bits per heavy atom. The molecule has 1 aliphatic heterocycles. The minimum absolute atomic E-state index is 0.0819. The molecule has 0 aliphatic carbocycles. The van der Waals surface area contributed by atoms with Crippen LogP contribution in [-0.2, 0) is 19.4 Å². The minimum Gasteiger partial charge on any atom is -0.481 e. The maximum atomic E-state index is 11.6. The fraction of sp³-hybridized carbons (Fsp3) is 0.818. The number of rotatable bonds is 2. The summed E-state index contributed by atoms with van der Waals surface area (Å²) in [5.74, 6) is -2.95. The van der Waals surface area contributed by atoms with Crippen molar-refractivity contribution in [1.82, 2.24) is 5.32 Å². The van der Waals surface area contributed by atoms with Gasteiger partial charge in [-0.15, -0.1) is 0 Å². The number of aliphatic carboxylic acids is 1. The molecule has 0 radical (unpaired) electrons. The van der Waals surface area contributed by atoms with E-state index in [1.807, 2.05) is 0 Å². The highest BCUT2D eigenvalue weighted by Gasteiger charge is 2.39. The molecule has 7 nitrogen and oxygen atoms in total. The maximum Gasteiger partial charge on any atom is 0.407 e. The van der Waals surface area contributed by atoms with Crippen LogP contribution in [0.3, 0.4) is 0 Å². The predicted molar refractivity (Wildman–Crippen MR) is 67.6 cm³/mol. The molecule has 1 fully saturated rings. The van der Waals surface area contributed by atoms with E-state index in [1.54, 1.807) is 20.8 Å². The maximum absolute atomic E-state index is 11.6. The average Bonchev–Trinajstić information content (AvgIpc) is 2.17. The molecule has 1 rings (SSSR count). The van der Waals surface area contributed by atoms with Gasteiger partial charge in [-0.3, -0.25) is 4.79 Å². The first-order chi connectivity index (χ1) is 8.50. The van der Waals surface area contributed by atoms with Gasteiger partial charge in [-0.05, 0) is 27.2 Å². The van der Waals surface area contributed by atoms with Crippen molar-refractivity contribution in [3.05, 3.63) is 0 Å². The Morgan fingerprint density at radius 2 is 1.89 bits per heavy atom. The van der Waals surface area contributed by atoms with Crippen LogP contribution in [0.2, 0.25) is 0 Å². The van der Waals surface area contributed by atoms with Gasteiger partial charge >= 0.3 is 12.1 Å². The van der Waals surface area contributed by atoms with Gasteiger partial charge in [-0.2, -0.15) is 0 Å². The molecule has 2 unspecified atom stereocenters. The van der Waals surface area contributed by atoms with E-state index in [0.717, 1.165) is 0 Å². The lowest BCUT2D eigenvalue weighted by Gasteiger charge is -2.30. The van der Waals surface area contributed by atoms with Crippen molar-refractivity contribution >= 4 is 21.9 Å². The van der Waals surface area contributed by atoms with E-state index >= 15 is 0 Å². The van der Waals surface area contributed by atoms with Crippen LogP contribution in [0.15, 0.2) is 0 Å². The number of alkyl carbamates (subject to hydrolysis) is 1. The zero-order chi connectivity index (χ0) is 14.8. The second-order valence-electron chi connectivity index (χ2n) is 5.60. The predicted octanol–water partition coefficient (Wildman–Crippen LogP) is 0.399. The minimum atomic E-state index is -3.35. The summed E-state index contributed by atoms with van der Waals surface area (Å²) in [7, 11) is -3.35. The van der Waals surface area contributed by atoms with Crippen molar-refractivity contribution in [1.29, 1.82) is 0 Å². The third kappa shape index (κ3) is 5.06. The fourth-order valence-corrected chi connectivity index (χ4v) is 3.56. The summed E-state index contributed by atoms with van der Waals surface area (Å²) >= 11 is 0. The van der Waals surface area contributed by atoms with E-state index in [4.69, 9.17) is 9.84 Å². The van der Waals surface area contributed by atoms with Crippen molar-refractivity contribution in [2.24, 2.45) is 5.92 Å². The van der Waals surface area contributed by atoms with Crippen molar-refractivity contribution in [2.45, 2.75) is 38.8 Å². The summed E-state index contributed by atoms with van der Waals surface area (Å²) in [6.45, 7) is 5.06. The molecule has 0 aromatic rings. The Hall–Kier alpha value is -1.31. The van der Waals surface area contributed by atoms with Gasteiger partial charge in [0, 0.05) is 6.04 Å². The molecule has 2 N–H and O–H groups in total. The summed E-state index contributed by atoms with van der Waals surface area (Å²) in [6.07, 6.45) is -0.651. The van der Waals surface area contributed by atoms with Gasteiger partial charge < -0.3 is 15.2 Å². The van der Waals surface area contributed by atoms with Gasteiger partial charge in [-0.25, -0.2) is 13.2 Å². The van der Waals surface area contributed by atoms with E-state index in [0.29, 0.717) is 0 Å². The third-order valence-corrected chi connectivity index (χ3v) is 4.40. The molecule has 0 bridgehead atoms. The quantitative estimate of drug-likeness (QED) is 0.762. The lowest BCUT2D eigenvalue weighted by atomic mass is 9.99. The molecule has 1 heterocycles. The first kappa shape index (κ1) is 15.7. The highest BCUT2D eigenvalue weighted by Crippen LogP contribution is 2.20. The number of hydrogen-bond acceptors (Lipinski definition) is 5. The largest absolute Gasteiger partial charge is 0.481 e. The van der Waals surface area contributed by atoms with Crippen LogP contribution in [0.4, 0.5) is 4.79 Å². The number of carbonyl (C=O) groups is 2. The fourth-order valence-electron chi connectivity index (χ4n) is 1.86. The van der Waals surface area contributed by atoms with Crippen LogP contribution in [0.1, 0.15) is 27.2 Å². The zero-order valence-electron chi connectivity index (χ0n) is 11.2. The van der Waals surface area contributed by atoms with Crippen LogP contribution in [0, 0.1) is 5.92 Å². The lowest BCUT2D eigenvalue weighted by molar-refractivity contribution is -0.142. The summed E-state index contributed by atoms with van der Waals surface area (Å²) in [4.78, 5) is 22.6. The third-order valence-electron chi connectivity index (χ3n) is 2.68. The lowest BCUT2D eigenvalue weighted by Crippen LogP contribution is -2.51. The number of nitrogens with one attached hydrogen (secondary N) is 1. The normalized spacial score (nSPS) is 26.5. The van der Waals surface area contributed by atoms with Gasteiger partial charge in [0.1, 0.15) is 5.60 Å². The van der Waals surface area contributed by atoms with E-state index in [1.165, 1.54) is 0 Å². The molecule has 1 amide bonds. The van der Waals surface area contributed by atoms with E-state index in [-0.39, 0.29) is 12.2 Å². The number of carboxylic acids is 1. The SMILES string of the molecule is CC(C)(C)OC(=O)NC1CCS(=O)(=O)CC1C(=O)O. The molecule has 8 heteroatoms. The van der Waals surface area contributed by atoms with Gasteiger partial charge in [0.05, 0.1) is 17.4 Å². The van der Waals surface area contributed by atoms with Crippen LogP contribution >= 0.6 is 0 Å². The number of carbonyl (C=O) groups excluding carboxylic acids is 1. The van der Waals surface area contributed by atoms with Gasteiger partial charge in [0.25, 0.3) is 0 Å². The van der Waals surface area contributed by atoms with Gasteiger partial charge in [-0.1, -0.05) is 0 Å². The Balaban J connectivity index is 2.71. The molecule has 19 heavy (non-hydrogen) atoms. The van der Waals surface area contributed by atoms with E-state index in [9.17, 15) is 18.0 Å². The molecular weight excluding hydrogens is 274 g/mol. The van der Waals surface area contributed by atoms with Gasteiger partial charge in [0.15, 0.2) is 9.84 Å². The monoisotopic (exact) mass is 293 g/mol. The molecule has 0 aromatic carbocycles. The molecule has 1 aliphatic rings. The van der Waals surface area contributed by atoms with Crippen LogP contribution < -0.4 is 5.32 Å². The van der Waals surface area contributed by atoms with Crippen LogP contribution in [0.5, 0.6) is 0 Å². The van der Waals surface area contributed by atoms with Crippen LogP contribution in [-0.4, -0.2) is 48.7 Å². The Labute approximate surface area is 112 Å². The number of amides is 1. The number of hydrogen-bond donors (Lipinski definition) is 2. The van der Waals surface area contributed by atoms with Crippen LogP contribution in [0.25, 0.3) is 0 Å². The topological polar surface area (TPSA) is 110 Å². The first-order valence-corrected chi connectivity index (χ1v) is 7.75. The second kappa shape index (κ2) is 5.36. The standard InChI is InChI=1S/C11H19NO6S/c1-11(2,3)18-10(15)12-8-4-5-19(16,17)6-7(8)9(13)14/h7-8H,4-6H2,1-3H3,(H,12,15)(H,13,14). The van der Waals surface area contributed by atoms with Crippen molar-refractivity contribution in [3.8, 4) is 0 Å². The number of carboxylic acid groups (broad SMARTS) is 1. The molecular formula is C11H19NO6S. The van der Waals surface area contributed by atoms with Crippen molar-refractivity contribution in [3.63, 3.8) is 0 Å². The van der Waals surface area contributed by atoms with Crippen molar-refractivity contribution in [2.75, 3.05) is 11.5 Å². The molecule has 0 aromatic heterocycles. The molecule has 0 saturated carbocycles. The molecule has 0 spiro atoms. The highest BCUT2D eigenvalue weighted by atomic mass is 32.2. The number of sulfone groups is 1. The first-order valence-electron chi connectivity index (χ1n) is 5.93. The zero-order valence-corrected chi connectivity index (χ0v) is 12.0. The van der Waals surface area contributed by atoms with E-state index in [2.05, 4.69) is 5.32 Å². The number of ether oxygens (including phenoxy) is 1. The second-order valence-corrected chi connectivity index (χ2v) is 7.83. The Kier molecular flexibility index (Phi) is 4.44. The van der Waals surface area contributed by atoms with Crippen molar-refractivity contribution < 1.29 is 27.9 Å².